The SMILES string of the molecule is C[C@H](NC(=O)[C@H](Cc1ccc(OC(C)(C)C)cc1)NC(=O)OCC1c2ccccc2-c2ccccc21)C(=O)O. The Balaban J connectivity index is 1.45. The van der Waals surface area contributed by atoms with Gasteiger partial charge in [0.25, 0.3) is 0 Å². The van der Waals surface area contributed by atoms with Gasteiger partial charge in [0.2, 0.25) is 5.91 Å². The van der Waals surface area contributed by atoms with E-state index in [9.17, 15) is 19.5 Å². The molecule has 39 heavy (non-hydrogen) atoms. The Morgan fingerprint density at radius 1 is 0.872 bits per heavy atom. The Bertz CT molecular complexity index is 1300. The van der Waals surface area contributed by atoms with Crippen molar-refractivity contribution in [2.45, 2.75) is 57.7 Å². The summed E-state index contributed by atoms with van der Waals surface area (Å²) in [4.78, 5) is 37.2. The Hall–Kier alpha value is -4.33. The van der Waals surface area contributed by atoms with Gasteiger partial charge in [-0.1, -0.05) is 60.7 Å². The predicted molar refractivity (Wildman–Crippen MR) is 148 cm³/mol. The zero-order chi connectivity index (χ0) is 28.2. The van der Waals surface area contributed by atoms with Crippen LogP contribution in [-0.2, 0) is 20.7 Å². The van der Waals surface area contributed by atoms with Crippen LogP contribution in [0.25, 0.3) is 11.1 Å². The van der Waals surface area contributed by atoms with Crippen molar-refractivity contribution >= 4 is 18.0 Å². The van der Waals surface area contributed by atoms with E-state index in [0.717, 1.165) is 27.8 Å². The number of amides is 2. The van der Waals surface area contributed by atoms with Crippen LogP contribution in [0.4, 0.5) is 4.79 Å². The van der Waals surface area contributed by atoms with Gasteiger partial charge in [-0.3, -0.25) is 9.59 Å². The summed E-state index contributed by atoms with van der Waals surface area (Å²) in [5, 5.41) is 14.3. The molecule has 0 spiro atoms. The topological polar surface area (TPSA) is 114 Å². The summed E-state index contributed by atoms with van der Waals surface area (Å²) in [6, 6.07) is 21.1. The van der Waals surface area contributed by atoms with Gasteiger partial charge in [0.1, 0.15) is 30.0 Å². The second kappa shape index (κ2) is 11.6. The molecule has 1 aliphatic rings. The van der Waals surface area contributed by atoms with Gasteiger partial charge in [0, 0.05) is 12.3 Å². The Morgan fingerprint density at radius 2 is 1.44 bits per heavy atom. The lowest BCUT2D eigenvalue weighted by molar-refractivity contribution is -0.141. The van der Waals surface area contributed by atoms with E-state index < -0.39 is 30.1 Å². The molecule has 0 unspecified atom stereocenters. The lowest BCUT2D eigenvalue weighted by Gasteiger charge is -2.22. The van der Waals surface area contributed by atoms with Gasteiger partial charge < -0.3 is 25.2 Å². The maximum Gasteiger partial charge on any atom is 0.407 e. The fourth-order valence-corrected chi connectivity index (χ4v) is 4.65. The molecule has 2 atom stereocenters. The van der Waals surface area contributed by atoms with Gasteiger partial charge in [-0.25, -0.2) is 4.79 Å². The third kappa shape index (κ3) is 6.96. The highest BCUT2D eigenvalue weighted by atomic mass is 16.5. The lowest BCUT2D eigenvalue weighted by Crippen LogP contribution is -2.51. The quantitative estimate of drug-likeness (QED) is 0.363. The largest absolute Gasteiger partial charge is 0.488 e. The van der Waals surface area contributed by atoms with E-state index in [4.69, 9.17) is 9.47 Å². The molecule has 204 valence electrons. The Morgan fingerprint density at radius 3 is 1.97 bits per heavy atom. The Labute approximate surface area is 228 Å². The molecule has 3 N–H and O–H groups in total. The average Bonchev–Trinajstić information content (AvgIpc) is 3.21. The van der Waals surface area contributed by atoms with Gasteiger partial charge in [-0.05, 0) is 67.6 Å². The molecule has 1 aliphatic carbocycles. The molecule has 2 amide bonds. The molecule has 0 saturated carbocycles. The van der Waals surface area contributed by atoms with Crippen molar-refractivity contribution < 1.29 is 29.0 Å². The fourth-order valence-electron chi connectivity index (χ4n) is 4.65. The molecule has 3 aromatic carbocycles. The predicted octanol–water partition coefficient (Wildman–Crippen LogP) is 4.90. The molecular weight excluding hydrogens is 496 g/mol. The van der Waals surface area contributed by atoms with E-state index in [1.807, 2.05) is 57.2 Å². The molecule has 3 aromatic rings. The molecule has 0 fully saturated rings. The number of nitrogens with one attached hydrogen (secondary N) is 2. The number of aliphatic carboxylic acids is 1. The lowest BCUT2D eigenvalue weighted by atomic mass is 9.98. The average molecular weight is 531 g/mol. The zero-order valence-corrected chi connectivity index (χ0v) is 22.6. The van der Waals surface area contributed by atoms with Crippen LogP contribution < -0.4 is 15.4 Å². The number of carbonyl (C=O) groups is 3. The summed E-state index contributed by atoms with van der Waals surface area (Å²) >= 11 is 0. The van der Waals surface area contributed by atoms with Crippen molar-refractivity contribution in [1.82, 2.24) is 10.6 Å². The van der Waals surface area contributed by atoms with Gasteiger partial charge in [0.15, 0.2) is 0 Å². The minimum absolute atomic E-state index is 0.0958. The van der Waals surface area contributed by atoms with E-state index in [-0.39, 0.29) is 24.5 Å². The summed E-state index contributed by atoms with van der Waals surface area (Å²) in [7, 11) is 0. The van der Waals surface area contributed by atoms with E-state index in [1.54, 1.807) is 24.3 Å². The minimum Gasteiger partial charge on any atom is -0.488 e. The number of benzene rings is 3. The smallest absolute Gasteiger partial charge is 0.407 e. The maximum atomic E-state index is 13.0. The molecule has 0 aliphatic heterocycles. The molecular formula is C31H34N2O6. The third-order valence-corrected chi connectivity index (χ3v) is 6.47. The van der Waals surface area contributed by atoms with Crippen LogP contribution in [0.15, 0.2) is 72.8 Å². The summed E-state index contributed by atoms with van der Waals surface area (Å²) in [6.45, 7) is 7.30. The van der Waals surface area contributed by atoms with Crippen molar-refractivity contribution in [2.24, 2.45) is 0 Å². The summed E-state index contributed by atoms with van der Waals surface area (Å²) in [6.07, 6.45) is -0.620. The fraction of sp³-hybridized carbons (Fsp3) is 0.323. The van der Waals surface area contributed by atoms with Crippen LogP contribution >= 0.6 is 0 Å². The van der Waals surface area contributed by atoms with Gasteiger partial charge in [-0.15, -0.1) is 0 Å². The number of hydrogen-bond acceptors (Lipinski definition) is 5. The summed E-state index contributed by atoms with van der Waals surface area (Å²) in [5.74, 6) is -1.24. The zero-order valence-electron chi connectivity index (χ0n) is 22.6. The number of alkyl carbamates (subject to hydrolysis) is 1. The summed E-state index contributed by atoms with van der Waals surface area (Å²) < 4.78 is 11.5. The standard InChI is InChI=1S/C31H34N2O6/c1-19(29(35)36)32-28(34)27(17-20-13-15-21(16-14-20)39-31(2,3)4)33-30(37)38-18-26-24-11-7-5-9-22(24)23-10-6-8-12-25(23)26/h5-16,19,26-27H,17-18H2,1-4H3,(H,32,34)(H,33,37)(H,35,36)/t19-,27-/m0/s1. The highest BCUT2D eigenvalue weighted by molar-refractivity contribution is 5.89. The van der Waals surface area contributed by atoms with Gasteiger partial charge in [-0.2, -0.15) is 0 Å². The highest BCUT2D eigenvalue weighted by Crippen LogP contribution is 2.44. The first-order valence-corrected chi connectivity index (χ1v) is 12.9. The number of fused-ring (bicyclic) bond motifs is 3. The van der Waals surface area contributed by atoms with Crippen LogP contribution in [0.2, 0.25) is 0 Å². The molecule has 8 nitrogen and oxygen atoms in total. The van der Waals surface area contributed by atoms with Crippen molar-refractivity contribution in [3.63, 3.8) is 0 Å². The van der Waals surface area contributed by atoms with Gasteiger partial charge >= 0.3 is 12.1 Å². The maximum absolute atomic E-state index is 13.0. The number of carboxylic acid groups (broad SMARTS) is 1. The summed E-state index contributed by atoms with van der Waals surface area (Å²) in [5.41, 5.74) is 4.78. The van der Waals surface area contributed by atoms with Crippen molar-refractivity contribution in [3.05, 3.63) is 89.5 Å². The number of rotatable bonds is 9. The van der Waals surface area contributed by atoms with E-state index in [0.29, 0.717) is 5.75 Å². The van der Waals surface area contributed by atoms with E-state index >= 15 is 0 Å². The number of hydrogen-bond donors (Lipinski definition) is 3. The monoisotopic (exact) mass is 530 g/mol. The molecule has 0 saturated heterocycles. The normalized spacial score (nSPS) is 13.9. The van der Waals surface area contributed by atoms with E-state index in [2.05, 4.69) is 22.8 Å². The number of carbonyl (C=O) groups excluding carboxylic acids is 2. The van der Waals surface area contributed by atoms with Crippen LogP contribution in [0.5, 0.6) is 5.75 Å². The third-order valence-electron chi connectivity index (χ3n) is 6.47. The van der Waals surface area contributed by atoms with Crippen molar-refractivity contribution in [1.29, 1.82) is 0 Å². The molecule has 0 bridgehead atoms. The first kappa shape index (κ1) is 27.7. The second-order valence-electron chi connectivity index (χ2n) is 10.7. The van der Waals surface area contributed by atoms with Crippen LogP contribution in [-0.4, -0.2) is 47.4 Å². The molecule has 8 heteroatoms. The van der Waals surface area contributed by atoms with Crippen LogP contribution in [0.1, 0.15) is 50.3 Å². The number of carboxylic acids is 1. The molecule has 0 aromatic heterocycles. The van der Waals surface area contributed by atoms with E-state index in [1.165, 1.54) is 6.92 Å². The highest BCUT2D eigenvalue weighted by Gasteiger charge is 2.30. The first-order chi connectivity index (χ1) is 18.5. The Kier molecular flexibility index (Phi) is 8.24. The molecule has 0 heterocycles. The van der Waals surface area contributed by atoms with Crippen LogP contribution in [0.3, 0.4) is 0 Å². The number of ether oxygens (including phenoxy) is 2. The van der Waals surface area contributed by atoms with Crippen molar-refractivity contribution in [2.75, 3.05) is 6.61 Å². The minimum atomic E-state index is -1.17. The first-order valence-electron chi connectivity index (χ1n) is 12.9. The molecule has 4 rings (SSSR count). The molecule has 0 radical (unpaired) electrons. The second-order valence-corrected chi connectivity index (χ2v) is 10.7. The van der Waals surface area contributed by atoms with Crippen molar-refractivity contribution in [3.8, 4) is 16.9 Å². The van der Waals surface area contributed by atoms with Gasteiger partial charge in [0.05, 0.1) is 0 Å². The van der Waals surface area contributed by atoms with Crippen LogP contribution in [0, 0.1) is 0 Å².